The largest absolute Gasteiger partial charge is 0.481 e. The van der Waals surface area contributed by atoms with Crippen LogP contribution in [0.4, 0.5) is 10.3 Å². The quantitative estimate of drug-likeness (QED) is 0.916. The van der Waals surface area contributed by atoms with Crippen LogP contribution in [-0.4, -0.2) is 17.2 Å². The Morgan fingerprint density at radius 2 is 2.09 bits per heavy atom. The number of carbonyl (C=O) groups is 1. The third kappa shape index (κ3) is 3.52. The lowest BCUT2D eigenvalue weighted by molar-refractivity contribution is -0.123. The second kappa shape index (κ2) is 6.81. The minimum atomic E-state index is -0.676. The number of ether oxygens (including phenoxy) is 1. The van der Waals surface area contributed by atoms with Gasteiger partial charge in [0.25, 0.3) is 5.91 Å². The first-order chi connectivity index (χ1) is 11.2. The van der Waals surface area contributed by atoms with E-state index in [-0.39, 0.29) is 11.7 Å². The van der Waals surface area contributed by atoms with Gasteiger partial charge in [0, 0.05) is 5.56 Å². The lowest BCUT2D eigenvalue weighted by Crippen LogP contribution is -2.32. The number of fused-ring (bicyclic) bond motifs is 1. The monoisotopic (exact) mass is 318 g/mol. The number of anilines is 1. The molecule has 0 saturated carbocycles. The molecule has 1 N–H and O–H groups in total. The zero-order chi connectivity index (χ0) is 16.2. The van der Waals surface area contributed by atoms with Crippen molar-refractivity contribution in [2.45, 2.75) is 45.1 Å². The maximum Gasteiger partial charge on any atom is 0.267 e. The molecule has 6 heteroatoms. The highest BCUT2D eigenvalue weighted by Gasteiger charge is 2.24. The Bertz CT molecular complexity index is 682. The maximum absolute atomic E-state index is 12.9. The van der Waals surface area contributed by atoms with Crippen LogP contribution in [0.1, 0.15) is 37.4 Å². The number of aromatic nitrogens is 1. The molecule has 1 atom stereocenters. The van der Waals surface area contributed by atoms with Gasteiger partial charge < -0.3 is 9.26 Å². The number of rotatable bonds is 5. The van der Waals surface area contributed by atoms with Crippen molar-refractivity contribution in [3.05, 3.63) is 41.3 Å². The van der Waals surface area contributed by atoms with E-state index in [2.05, 4.69) is 10.5 Å². The molecule has 0 unspecified atom stereocenters. The van der Waals surface area contributed by atoms with Crippen molar-refractivity contribution in [3.8, 4) is 5.75 Å². The number of hydrogen-bond donors (Lipinski definition) is 1. The van der Waals surface area contributed by atoms with Gasteiger partial charge in [-0.25, -0.2) is 4.39 Å². The van der Waals surface area contributed by atoms with Crippen LogP contribution in [0.15, 0.2) is 28.8 Å². The van der Waals surface area contributed by atoms with Crippen molar-refractivity contribution >= 4 is 11.8 Å². The zero-order valence-corrected chi connectivity index (χ0v) is 13.0. The fraction of sp³-hybridized carbons (Fsp3) is 0.412. The predicted octanol–water partition coefficient (Wildman–Crippen LogP) is 3.49. The SMILES string of the molecule is CC[C@H](Oc1ccc(F)cc1)C(=O)Nc1onc2c1CCCC2. The Kier molecular flexibility index (Phi) is 4.60. The van der Waals surface area contributed by atoms with Gasteiger partial charge >= 0.3 is 0 Å². The van der Waals surface area contributed by atoms with E-state index < -0.39 is 6.10 Å². The Labute approximate surface area is 133 Å². The summed E-state index contributed by atoms with van der Waals surface area (Å²) in [4.78, 5) is 12.4. The third-order valence-corrected chi connectivity index (χ3v) is 3.95. The van der Waals surface area contributed by atoms with Crippen LogP contribution in [0, 0.1) is 5.82 Å². The summed E-state index contributed by atoms with van der Waals surface area (Å²) in [6.07, 6.45) is 3.73. The first kappa shape index (κ1) is 15.5. The molecule has 0 aliphatic heterocycles. The summed E-state index contributed by atoms with van der Waals surface area (Å²) in [5.41, 5.74) is 1.92. The molecule has 2 aromatic rings. The van der Waals surface area contributed by atoms with Crippen molar-refractivity contribution in [1.82, 2.24) is 5.16 Å². The number of benzene rings is 1. The van der Waals surface area contributed by atoms with Gasteiger partial charge in [-0.2, -0.15) is 0 Å². The van der Waals surface area contributed by atoms with E-state index in [4.69, 9.17) is 9.26 Å². The van der Waals surface area contributed by atoms with Crippen molar-refractivity contribution in [1.29, 1.82) is 0 Å². The normalized spacial score (nSPS) is 14.9. The predicted molar refractivity (Wildman–Crippen MR) is 82.9 cm³/mol. The minimum absolute atomic E-state index is 0.290. The number of carbonyl (C=O) groups excluding carboxylic acids is 1. The smallest absolute Gasteiger partial charge is 0.267 e. The molecule has 0 bridgehead atoms. The summed E-state index contributed by atoms with van der Waals surface area (Å²) in [5.74, 6) is 0.239. The Morgan fingerprint density at radius 1 is 1.35 bits per heavy atom. The van der Waals surface area contributed by atoms with E-state index in [1.165, 1.54) is 24.3 Å². The van der Waals surface area contributed by atoms with Gasteiger partial charge in [-0.05, 0) is 56.4 Å². The average Bonchev–Trinajstić information content (AvgIpc) is 2.97. The molecule has 1 amide bonds. The van der Waals surface area contributed by atoms with Gasteiger partial charge in [-0.3, -0.25) is 10.1 Å². The van der Waals surface area contributed by atoms with E-state index >= 15 is 0 Å². The maximum atomic E-state index is 12.9. The number of halogens is 1. The molecule has 23 heavy (non-hydrogen) atoms. The van der Waals surface area contributed by atoms with Gasteiger partial charge in [0.15, 0.2) is 6.10 Å². The van der Waals surface area contributed by atoms with Gasteiger partial charge in [0.1, 0.15) is 11.6 Å². The summed E-state index contributed by atoms with van der Waals surface area (Å²) in [6.45, 7) is 1.85. The van der Waals surface area contributed by atoms with Crippen LogP contribution in [0.25, 0.3) is 0 Å². The summed E-state index contributed by atoms with van der Waals surface area (Å²) in [5, 5.41) is 6.78. The Hall–Kier alpha value is -2.37. The third-order valence-electron chi connectivity index (χ3n) is 3.95. The molecule has 0 fully saturated rings. The van der Waals surface area contributed by atoms with E-state index in [1.54, 1.807) is 0 Å². The highest BCUT2D eigenvalue weighted by molar-refractivity contribution is 5.93. The lowest BCUT2D eigenvalue weighted by Gasteiger charge is -2.17. The molecular formula is C17H19FN2O3. The van der Waals surface area contributed by atoms with Crippen molar-refractivity contribution in [2.75, 3.05) is 5.32 Å². The molecule has 0 saturated heterocycles. The molecule has 0 spiro atoms. The molecule has 1 aromatic carbocycles. The zero-order valence-electron chi connectivity index (χ0n) is 13.0. The topological polar surface area (TPSA) is 64.4 Å². The summed E-state index contributed by atoms with van der Waals surface area (Å²) < 4.78 is 23.8. The first-order valence-corrected chi connectivity index (χ1v) is 7.88. The molecule has 1 aliphatic rings. The van der Waals surface area contributed by atoms with Crippen LogP contribution < -0.4 is 10.1 Å². The van der Waals surface area contributed by atoms with Crippen molar-refractivity contribution in [3.63, 3.8) is 0 Å². The van der Waals surface area contributed by atoms with Crippen LogP contribution in [0.3, 0.4) is 0 Å². The molecule has 1 heterocycles. The van der Waals surface area contributed by atoms with E-state index in [9.17, 15) is 9.18 Å². The highest BCUT2D eigenvalue weighted by atomic mass is 19.1. The fourth-order valence-electron chi connectivity index (χ4n) is 2.68. The number of amides is 1. The number of nitrogens with zero attached hydrogens (tertiary/aromatic N) is 1. The van der Waals surface area contributed by atoms with Crippen LogP contribution in [-0.2, 0) is 17.6 Å². The first-order valence-electron chi connectivity index (χ1n) is 7.88. The van der Waals surface area contributed by atoms with Gasteiger partial charge in [0.2, 0.25) is 5.88 Å². The molecule has 1 aromatic heterocycles. The Balaban J connectivity index is 1.68. The fourth-order valence-corrected chi connectivity index (χ4v) is 2.68. The molecule has 5 nitrogen and oxygen atoms in total. The highest BCUT2D eigenvalue weighted by Crippen LogP contribution is 2.27. The average molecular weight is 318 g/mol. The van der Waals surface area contributed by atoms with Crippen LogP contribution in [0.2, 0.25) is 0 Å². The second-order valence-corrected chi connectivity index (χ2v) is 5.60. The standard InChI is InChI=1S/C17H19FN2O3/c1-2-15(22-12-9-7-11(18)8-10-12)16(21)19-17-13-5-3-4-6-14(13)20-23-17/h7-10,15H,2-6H2,1H3,(H,19,21)/t15-/m0/s1. The lowest BCUT2D eigenvalue weighted by atomic mass is 9.97. The Morgan fingerprint density at radius 3 is 2.83 bits per heavy atom. The molecule has 3 rings (SSSR count). The van der Waals surface area contributed by atoms with Gasteiger partial charge in [0.05, 0.1) is 5.69 Å². The van der Waals surface area contributed by atoms with Gasteiger partial charge in [-0.1, -0.05) is 12.1 Å². The number of aryl methyl sites for hydroxylation is 1. The summed E-state index contributed by atoms with van der Waals surface area (Å²) in [6, 6.07) is 5.60. The van der Waals surface area contributed by atoms with E-state index in [0.29, 0.717) is 18.1 Å². The van der Waals surface area contributed by atoms with E-state index in [0.717, 1.165) is 36.9 Å². The van der Waals surface area contributed by atoms with Crippen LogP contribution >= 0.6 is 0 Å². The van der Waals surface area contributed by atoms with Crippen molar-refractivity contribution in [2.24, 2.45) is 0 Å². The minimum Gasteiger partial charge on any atom is -0.481 e. The number of hydrogen-bond acceptors (Lipinski definition) is 4. The molecule has 122 valence electrons. The second-order valence-electron chi connectivity index (χ2n) is 5.60. The molecule has 1 aliphatic carbocycles. The number of nitrogens with one attached hydrogen (secondary N) is 1. The van der Waals surface area contributed by atoms with Crippen molar-refractivity contribution < 1.29 is 18.4 Å². The van der Waals surface area contributed by atoms with Crippen LogP contribution in [0.5, 0.6) is 5.75 Å². The summed E-state index contributed by atoms with van der Waals surface area (Å²) in [7, 11) is 0. The molecular weight excluding hydrogens is 299 g/mol. The van der Waals surface area contributed by atoms with E-state index in [1.807, 2.05) is 6.92 Å². The summed E-state index contributed by atoms with van der Waals surface area (Å²) >= 11 is 0. The van der Waals surface area contributed by atoms with Gasteiger partial charge in [-0.15, -0.1) is 0 Å². The molecule has 0 radical (unpaired) electrons.